The Balaban J connectivity index is 1.84. The standard InChI is InChI=1S/C16H23N5O/c1-12(2)11-21-9-7-14(8-10-21)18-16(22)13-3-5-15(6-4-13)19-20-17/h3-6,12,14H,7-11H2,1-2H3,(H,18,22). The molecule has 1 aliphatic rings. The Bertz CT molecular complexity index is 540. The van der Waals surface area contributed by atoms with Crippen molar-refractivity contribution < 1.29 is 4.79 Å². The van der Waals surface area contributed by atoms with E-state index < -0.39 is 0 Å². The van der Waals surface area contributed by atoms with Crippen molar-refractivity contribution in [2.45, 2.75) is 32.7 Å². The van der Waals surface area contributed by atoms with E-state index in [1.54, 1.807) is 24.3 Å². The van der Waals surface area contributed by atoms with Gasteiger partial charge in [-0.05, 0) is 36.4 Å². The van der Waals surface area contributed by atoms with Crippen molar-refractivity contribution in [1.29, 1.82) is 0 Å². The third-order valence-corrected chi connectivity index (χ3v) is 3.84. The number of hydrogen-bond acceptors (Lipinski definition) is 3. The first-order valence-corrected chi connectivity index (χ1v) is 7.77. The summed E-state index contributed by atoms with van der Waals surface area (Å²) in [5, 5.41) is 6.59. The molecular weight excluding hydrogens is 278 g/mol. The van der Waals surface area contributed by atoms with Crippen LogP contribution in [0.2, 0.25) is 0 Å². The van der Waals surface area contributed by atoms with Crippen LogP contribution in [0.25, 0.3) is 10.4 Å². The summed E-state index contributed by atoms with van der Waals surface area (Å²) in [4.78, 5) is 17.4. The maximum atomic E-state index is 12.2. The molecule has 0 aromatic heterocycles. The lowest BCUT2D eigenvalue weighted by molar-refractivity contribution is 0.0907. The van der Waals surface area contributed by atoms with Gasteiger partial charge < -0.3 is 10.2 Å². The van der Waals surface area contributed by atoms with Crippen molar-refractivity contribution >= 4 is 11.6 Å². The van der Waals surface area contributed by atoms with E-state index in [1.807, 2.05) is 0 Å². The number of carbonyl (C=O) groups is 1. The highest BCUT2D eigenvalue weighted by molar-refractivity contribution is 5.94. The number of hydrogen-bond donors (Lipinski definition) is 1. The summed E-state index contributed by atoms with van der Waals surface area (Å²) in [5.74, 6) is 0.621. The third-order valence-electron chi connectivity index (χ3n) is 3.84. The lowest BCUT2D eigenvalue weighted by atomic mass is 10.0. The zero-order valence-corrected chi connectivity index (χ0v) is 13.2. The van der Waals surface area contributed by atoms with Gasteiger partial charge >= 0.3 is 0 Å². The number of carbonyl (C=O) groups excluding carboxylic acids is 1. The molecule has 1 heterocycles. The maximum Gasteiger partial charge on any atom is 0.251 e. The van der Waals surface area contributed by atoms with Crippen LogP contribution in [0.15, 0.2) is 29.4 Å². The molecule has 1 aromatic carbocycles. The summed E-state index contributed by atoms with van der Waals surface area (Å²) < 4.78 is 0. The zero-order valence-electron chi connectivity index (χ0n) is 13.2. The molecule has 0 bridgehead atoms. The minimum absolute atomic E-state index is 0.0604. The van der Waals surface area contributed by atoms with Gasteiger partial charge in [-0.25, -0.2) is 0 Å². The van der Waals surface area contributed by atoms with Crippen LogP contribution in [0, 0.1) is 5.92 Å². The van der Waals surface area contributed by atoms with Crippen LogP contribution < -0.4 is 5.32 Å². The molecular formula is C16H23N5O. The number of nitrogens with zero attached hydrogens (tertiary/aromatic N) is 4. The molecule has 0 spiro atoms. The first kappa shape index (κ1) is 16.3. The Morgan fingerprint density at radius 2 is 2.00 bits per heavy atom. The molecule has 6 heteroatoms. The number of azide groups is 1. The van der Waals surface area contributed by atoms with Crippen LogP contribution in [0.5, 0.6) is 0 Å². The van der Waals surface area contributed by atoms with Crippen LogP contribution in [0.1, 0.15) is 37.0 Å². The Kier molecular flexibility index (Phi) is 5.81. The van der Waals surface area contributed by atoms with Crippen molar-refractivity contribution in [2.24, 2.45) is 11.0 Å². The zero-order chi connectivity index (χ0) is 15.9. The van der Waals surface area contributed by atoms with Gasteiger partial charge in [0.25, 0.3) is 5.91 Å². The number of likely N-dealkylation sites (tertiary alicyclic amines) is 1. The highest BCUT2D eigenvalue weighted by Gasteiger charge is 2.21. The Labute approximate surface area is 131 Å². The second-order valence-corrected chi connectivity index (χ2v) is 6.18. The van der Waals surface area contributed by atoms with Gasteiger partial charge in [-0.2, -0.15) is 0 Å². The van der Waals surface area contributed by atoms with Crippen molar-refractivity contribution in [2.75, 3.05) is 19.6 Å². The molecule has 2 rings (SSSR count). The predicted octanol–water partition coefficient (Wildman–Crippen LogP) is 3.48. The summed E-state index contributed by atoms with van der Waals surface area (Å²) in [6, 6.07) is 6.92. The average molecular weight is 301 g/mol. The van der Waals surface area contributed by atoms with E-state index in [1.165, 1.54) is 0 Å². The minimum Gasteiger partial charge on any atom is -0.349 e. The number of nitrogens with one attached hydrogen (secondary N) is 1. The molecule has 1 saturated heterocycles. The molecule has 1 N–H and O–H groups in total. The molecule has 1 fully saturated rings. The Morgan fingerprint density at radius 1 is 1.36 bits per heavy atom. The van der Waals surface area contributed by atoms with Crippen LogP contribution in [-0.4, -0.2) is 36.5 Å². The molecule has 0 atom stereocenters. The fourth-order valence-electron chi connectivity index (χ4n) is 2.78. The highest BCUT2D eigenvalue weighted by Crippen LogP contribution is 2.15. The Hall–Kier alpha value is -2.04. The van der Waals surface area contributed by atoms with Gasteiger partial charge in [0.15, 0.2) is 0 Å². The lowest BCUT2D eigenvalue weighted by Gasteiger charge is -2.33. The normalized spacial score (nSPS) is 16.3. The second kappa shape index (κ2) is 7.82. The minimum atomic E-state index is -0.0604. The maximum absolute atomic E-state index is 12.2. The van der Waals surface area contributed by atoms with Crippen LogP contribution in [0.4, 0.5) is 5.69 Å². The first-order valence-electron chi connectivity index (χ1n) is 7.77. The number of rotatable bonds is 5. The summed E-state index contributed by atoms with van der Waals surface area (Å²) >= 11 is 0. The molecule has 1 aliphatic heterocycles. The molecule has 118 valence electrons. The van der Waals surface area contributed by atoms with Gasteiger partial charge in [0.05, 0.1) is 0 Å². The molecule has 6 nitrogen and oxygen atoms in total. The van der Waals surface area contributed by atoms with Crippen molar-refractivity contribution in [3.05, 3.63) is 40.3 Å². The monoisotopic (exact) mass is 301 g/mol. The molecule has 0 radical (unpaired) electrons. The van der Waals surface area contributed by atoms with Crippen molar-refractivity contribution in [1.82, 2.24) is 10.2 Å². The topological polar surface area (TPSA) is 81.1 Å². The molecule has 1 amide bonds. The Morgan fingerprint density at radius 3 is 2.55 bits per heavy atom. The summed E-state index contributed by atoms with van der Waals surface area (Å²) in [6.07, 6.45) is 1.99. The van der Waals surface area contributed by atoms with Crippen molar-refractivity contribution in [3.8, 4) is 0 Å². The van der Waals surface area contributed by atoms with E-state index in [-0.39, 0.29) is 11.9 Å². The van der Waals surface area contributed by atoms with Gasteiger partial charge in [0, 0.05) is 41.8 Å². The summed E-state index contributed by atoms with van der Waals surface area (Å²) in [5.41, 5.74) is 9.48. The van der Waals surface area contributed by atoms with Gasteiger partial charge in [0.1, 0.15) is 0 Å². The second-order valence-electron chi connectivity index (χ2n) is 6.18. The summed E-state index contributed by atoms with van der Waals surface area (Å²) in [6.45, 7) is 7.67. The summed E-state index contributed by atoms with van der Waals surface area (Å²) in [7, 11) is 0. The smallest absolute Gasteiger partial charge is 0.251 e. The fraction of sp³-hybridized carbons (Fsp3) is 0.562. The average Bonchev–Trinajstić information content (AvgIpc) is 2.50. The molecule has 22 heavy (non-hydrogen) atoms. The van der Waals surface area contributed by atoms with Gasteiger partial charge in [-0.3, -0.25) is 4.79 Å². The molecule has 0 unspecified atom stereocenters. The first-order chi connectivity index (χ1) is 10.6. The van der Waals surface area contributed by atoms with E-state index in [9.17, 15) is 4.79 Å². The number of benzene rings is 1. The third kappa shape index (κ3) is 4.76. The van der Waals surface area contributed by atoms with Crippen LogP contribution in [0.3, 0.4) is 0 Å². The van der Waals surface area contributed by atoms with E-state index in [0.29, 0.717) is 17.2 Å². The SMILES string of the molecule is CC(C)CN1CCC(NC(=O)c2ccc(N=[N+]=[N-])cc2)CC1. The van der Waals surface area contributed by atoms with Crippen LogP contribution in [-0.2, 0) is 0 Å². The lowest BCUT2D eigenvalue weighted by Crippen LogP contribution is -2.45. The quantitative estimate of drug-likeness (QED) is 0.513. The van der Waals surface area contributed by atoms with Crippen molar-refractivity contribution in [3.63, 3.8) is 0 Å². The van der Waals surface area contributed by atoms with Gasteiger partial charge in [-0.15, -0.1) is 0 Å². The highest BCUT2D eigenvalue weighted by atomic mass is 16.1. The van der Waals surface area contributed by atoms with E-state index in [0.717, 1.165) is 32.5 Å². The van der Waals surface area contributed by atoms with Crippen LogP contribution >= 0.6 is 0 Å². The van der Waals surface area contributed by atoms with E-state index in [2.05, 4.69) is 34.1 Å². The molecule has 0 aliphatic carbocycles. The van der Waals surface area contributed by atoms with Gasteiger partial charge in [0.2, 0.25) is 0 Å². The largest absolute Gasteiger partial charge is 0.349 e. The fourth-order valence-corrected chi connectivity index (χ4v) is 2.78. The molecule has 0 saturated carbocycles. The number of piperidine rings is 1. The number of amides is 1. The predicted molar refractivity (Wildman–Crippen MR) is 87.0 cm³/mol. The molecule has 1 aromatic rings. The van der Waals surface area contributed by atoms with Gasteiger partial charge in [-0.1, -0.05) is 31.1 Å². The van der Waals surface area contributed by atoms with E-state index >= 15 is 0 Å². The van der Waals surface area contributed by atoms with E-state index in [4.69, 9.17) is 5.53 Å².